The molecular weight excluding hydrogens is 244 g/mol. The van der Waals surface area contributed by atoms with E-state index in [9.17, 15) is 10.1 Å². The molecule has 0 aromatic heterocycles. The second-order valence-electron chi connectivity index (χ2n) is 5.54. The van der Waals surface area contributed by atoms with Crippen LogP contribution in [0, 0.1) is 17.0 Å². The number of nitrogens with one attached hydrogen (secondary N) is 1. The maximum atomic E-state index is 10.8. The Morgan fingerprint density at radius 1 is 1.37 bits per heavy atom. The minimum Gasteiger partial charge on any atom is -0.493 e. The van der Waals surface area contributed by atoms with Gasteiger partial charge in [-0.2, -0.15) is 0 Å². The Kier molecular flexibility index (Phi) is 5.30. The number of nitro benzene ring substituents is 1. The quantitative estimate of drug-likeness (QED) is 0.488. The molecule has 0 unspecified atom stereocenters. The second kappa shape index (κ2) is 6.52. The number of ether oxygens (including phenoxy) is 1. The van der Waals surface area contributed by atoms with E-state index in [4.69, 9.17) is 4.74 Å². The largest absolute Gasteiger partial charge is 0.493 e. The van der Waals surface area contributed by atoms with Crippen molar-refractivity contribution >= 4 is 5.69 Å². The summed E-state index contributed by atoms with van der Waals surface area (Å²) in [5.74, 6) is 0.588. The van der Waals surface area contributed by atoms with E-state index in [0.29, 0.717) is 17.9 Å². The van der Waals surface area contributed by atoms with Crippen molar-refractivity contribution in [3.8, 4) is 5.75 Å². The molecule has 19 heavy (non-hydrogen) atoms. The minimum absolute atomic E-state index is 0.0987. The normalized spacial score (nSPS) is 11.4. The highest BCUT2D eigenvalue weighted by molar-refractivity contribution is 5.48. The molecule has 0 aliphatic rings. The highest BCUT2D eigenvalue weighted by atomic mass is 16.6. The topological polar surface area (TPSA) is 64.4 Å². The maximum Gasteiger partial charge on any atom is 0.276 e. The summed E-state index contributed by atoms with van der Waals surface area (Å²) < 4.78 is 5.60. The standard InChI is InChI=1S/C14H22N2O3/c1-11-12(16(17)18)7-5-8-13(11)19-10-6-9-15-14(2,3)4/h5,7-8,15H,6,9-10H2,1-4H3. The van der Waals surface area contributed by atoms with Crippen molar-refractivity contribution in [1.29, 1.82) is 0 Å². The van der Waals surface area contributed by atoms with Gasteiger partial charge in [-0.3, -0.25) is 10.1 Å². The fraction of sp³-hybridized carbons (Fsp3) is 0.571. The van der Waals surface area contributed by atoms with Crippen molar-refractivity contribution in [2.24, 2.45) is 0 Å². The lowest BCUT2D eigenvalue weighted by atomic mass is 10.1. The third-order valence-corrected chi connectivity index (χ3v) is 2.69. The van der Waals surface area contributed by atoms with Crippen molar-refractivity contribution in [1.82, 2.24) is 5.32 Å². The van der Waals surface area contributed by atoms with Gasteiger partial charge in [-0.05, 0) is 46.7 Å². The van der Waals surface area contributed by atoms with Crippen molar-refractivity contribution in [2.45, 2.75) is 39.7 Å². The molecule has 5 heteroatoms. The Bertz CT molecular complexity index is 439. The molecule has 0 atom stereocenters. The van der Waals surface area contributed by atoms with Gasteiger partial charge >= 0.3 is 0 Å². The van der Waals surface area contributed by atoms with Crippen molar-refractivity contribution in [3.63, 3.8) is 0 Å². The van der Waals surface area contributed by atoms with Crippen molar-refractivity contribution < 1.29 is 9.66 Å². The molecule has 0 aliphatic carbocycles. The van der Waals surface area contributed by atoms with Crippen LogP contribution in [0.2, 0.25) is 0 Å². The molecule has 0 radical (unpaired) electrons. The van der Waals surface area contributed by atoms with E-state index in [2.05, 4.69) is 26.1 Å². The number of rotatable bonds is 6. The zero-order chi connectivity index (χ0) is 14.5. The molecule has 0 heterocycles. The highest BCUT2D eigenvalue weighted by Crippen LogP contribution is 2.26. The Labute approximate surface area is 114 Å². The van der Waals surface area contributed by atoms with Crippen LogP contribution in [-0.2, 0) is 0 Å². The van der Waals surface area contributed by atoms with E-state index < -0.39 is 0 Å². The first-order valence-corrected chi connectivity index (χ1v) is 6.43. The molecule has 1 aromatic carbocycles. The minimum atomic E-state index is -0.386. The number of nitro groups is 1. The van der Waals surface area contributed by atoms with Crippen LogP contribution >= 0.6 is 0 Å². The van der Waals surface area contributed by atoms with Crippen molar-refractivity contribution in [3.05, 3.63) is 33.9 Å². The zero-order valence-corrected chi connectivity index (χ0v) is 12.0. The molecule has 0 saturated heterocycles. The first kappa shape index (κ1) is 15.4. The van der Waals surface area contributed by atoms with E-state index in [1.165, 1.54) is 6.07 Å². The Hall–Kier alpha value is -1.62. The van der Waals surface area contributed by atoms with Crippen LogP contribution < -0.4 is 10.1 Å². The fourth-order valence-corrected chi connectivity index (χ4v) is 1.67. The molecule has 0 saturated carbocycles. The summed E-state index contributed by atoms with van der Waals surface area (Å²) in [6.07, 6.45) is 0.861. The van der Waals surface area contributed by atoms with Gasteiger partial charge in [0.05, 0.1) is 17.1 Å². The predicted octanol–water partition coefficient (Wildman–Crippen LogP) is 3.06. The van der Waals surface area contributed by atoms with Gasteiger partial charge < -0.3 is 10.1 Å². The Morgan fingerprint density at radius 3 is 2.63 bits per heavy atom. The number of hydrogen-bond donors (Lipinski definition) is 1. The third-order valence-electron chi connectivity index (χ3n) is 2.69. The Morgan fingerprint density at radius 2 is 2.05 bits per heavy atom. The molecule has 1 N–H and O–H groups in total. The van der Waals surface area contributed by atoms with Gasteiger partial charge in [0.15, 0.2) is 0 Å². The molecule has 0 aliphatic heterocycles. The van der Waals surface area contributed by atoms with Crippen LogP contribution in [-0.4, -0.2) is 23.6 Å². The zero-order valence-electron chi connectivity index (χ0n) is 12.0. The second-order valence-corrected chi connectivity index (χ2v) is 5.54. The Balaban J connectivity index is 2.46. The van der Waals surface area contributed by atoms with E-state index in [1.54, 1.807) is 19.1 Å². The molecule has 5 nitrogen and oxygen atoms in total. The van der Waals surface area contributed by atoms with Crippen molar-refractivity contribution in [2.75, 3.05) is 13.2 Å². The van der Waals surface area contributed by atoms with E-state index in [1.807, 2.05) is 0 Å². The molecular formula is C14H22N2O3. The lowest BCUT2D eigenvalue weighted by molar-refractivity contribution is -0.385. The van der Waals surface area contributed by atoms with Gasteiger partial charge in [-0.15, -0.1) is 0 Å². The lowest BCUT2D eigenvalue weighted by Gasteiger charge is -2.20. The first-order chi connectivity index (χ1) is 8.81. The monoisotopic (exact) mass is 266 g/mol. The van der Waals surface area contributed by atoms with Crippen LogP contribution in [0.5, 0.6) is 5.75 Å². The first-order valence-electron chi connectivity index (χ1n) is 6.43. The number of benzene rings is 1. The molecule has 1 aromatic rings. The van der Waals surface area contributed by atoms with Crippen LogP contribution in [0.25, 0.3) is 0 Å². The van der Waals surface area contributed by atoms with Gasteiger partial charge in [0.25, 0.3) is 5.69 Å². The summed E-state index contributed by atoms with van der Waals surface area (Å²) in [7, 11) is 0. The van der Waals surface area contributed by atoms with Gasteiger partial charge in [0, 0.05) is 11.6 Å². The van der Waals surface area contributed by atoms with Gasteiger partial charge in [-0.1, -0.05) is 6.07 Å². The number of nitrogens with zero attached hydrogens (tertiary/aromatic N) is 1. The van der Waals surface area contributed by atoms with Gasteiger partial charge in [0.2, 0.25) is 0 Å². The molecule has 1 rings (SSSR count). The summed E-state index contributed by atoms with van der Waals surface area (Å²) in [6, 6.07) is 4.90. The van der Waals surface area contributed by atoms with Crippen LogP contribution in [0.4, 0.5) is 5.69 Å². The van der Waals surface area contributed by atoms with Crippen LogP contribution in [0.15, 0.2) is 18.2 Å². The fourth-order valence-electron chi connectivity index (χ4n) is 1.67. The highest BCUT2D eigenvalue weighted by Gasteiger charge is 2.14. The summed E-state index contributed by atoms with van der Waals surface area (Å²) in [6.45, 7) is 9.44. The predicted molar refractivity (Wildman–Crippen MR) is 75.7 cm³/mol. The summed E-state index contributed by atoms with van der Waals surface area (Å²) in [5.41, 5.74) is 0.781. The van der Waals surface area contributed by atoms with Gasteiger partial charge in [0.1, 0.15) is 5.75 Å². The third kappa shape index (κ3) is 5.26. The smallest absolute Gasteiger partial charge is 0.276 e. The molecule has 0 fully saturated rings. The average Bonchev–Trinajstić information content (AvgIpc) is 2.28. The molecule has 0 spiro atoms. The summed E-state index contributed by atoms with van der Waals surface area (Å²) in [5, 5.41) is 14.2. The van der Waals surface area contributed by atoms with E-state index in [-0.39, 0.29) is 16.1 Å². The molecule has 106 valence electrons. The molecule has 0 bridgehead atoms. The maximum absolute atomic E-state index is 10.8. The average molecular weight is 266 g/mol. The van der Waals surface area contributed by atoms with E-state index >= 15 is 0 Å². The number of hydrogen-bond acceptors (Lipinski definition) is 4. The molecule has 0 amide bonds. The summed E-state index contributed by atoms with van der Waals surface area (Å²) >= 11 is 0. The van der Waals surface area contributed by atoms with E-state index in [0.717, 1.165) is 13.0 Å². The summed E-state index contributed by atoms with van der Waals surface area (Å²) in [4.78, 5) is 10.4. The SMILES string of the molecule is Cc1c(OCCCNC(C)(C)C)cccc1[N+](=O)[O-]. The van der Waals surface area contributed by atoms with Crippen LogP contribution in [0.1, 0.15) is 32.8 Å². The van der Waals surface area contributed by atoms with Crippen LogP contribution in [0.3, 0.4) is 0 Å². The van der Waals surface area contributed by atoms with Gasteiger partial charge in [-0.25, -0.2) is 0 Å². The lowest BCUT2D eigenvalue weighted by Crippen LogP contribution is -2.36.